The third-order valence-electron chi connectivity index (χ3n) is 1.88. The lowest BCUT2D eigenvalue weighted by atomic mass is 10.2. The molecule has 0 aromatic carbocycles. The fraction of sp³-hybridized carbons (Fsp3) is 0.462. The fourth-order valence-corrected chi connectivity index (χ4v) is 1.24. The zero-order valence-electron chi connectivity index (χ0n) is 10.4. The van der Waals surface area contributed by atoms with E-state index in [0.717, 1.165) is 0 Å². The van der Waals surface area contributed by atoms with E-state index < -0.39 is 5.60 Å². The van der Waals surface area contributed by atoms with Gasteiger partial charge < -0.3 is 10.1 Å². The maximum Gasteiger partial charge on any atom is 0.308 e. The van der Waals surface area contributed by atoms with E-state index in [4.69, 9.17) is 4.74 Å². The molecule has 0 aromatic rings. The van der Waals surface area contributed by atoms with Crippen molar-refractivity contribution >= 4 is 11.9 Å². The molecule has 0 aliphatic heterocycles. The number of carbonyl (C=O) groups excluding carboxylic acids is 2. The topological polar surface area (TPSA) is 55.4 Å². The Hall–Kier alpha value is -1.80. The Labute approximate surface area is 101 Å². The normalized spacial score (nSPS) is 13.5. The van der Waals surface area contributed by atoms with Crippen molar-refractivity contribution < 1.29 is 14.3 Å². The Balaban J connectivity index is 2.24. The summed E-state index contributed by atoms with van der Waals surface area (Å²) in [6, 6.07) is 0. The first-order chi connectivity index (χ1) is 7.88. The maximum absolute atomic E-state index is 11.5. The van der Waals surface area contributed by atoms with Crippen molar-refractivity contribution in [2.45, 2.75) is 32.8 Å². The van der Waals surface area contributed by atoms with Crippen LogP contribution in [0.5, 0.6) is 0 Å². The van der Waals surface area contributed by atoms with Crippen LogP contribution in [0.15, 0.2) is 29.5 Å². The van der Waals surface area contributed by atoms with Crippen LogP contribution in [0, 0.1) is 0 Å². The molecule has 1 amide bonds. The number of esters is 1. The lowest BCUT2D eigenvalue weighted by molar-refractivity contribution is -0.154. The molecule has 1 aliphatic carbocycles. The van der Waals surface area contributed by atoms with Gasteiger partial charge >= 0.3 is 5.97 Å². The van der Waals surface area contributed by atoms with Gasteiger partial charge in [-0.1, -0.05) is 6.08 Å². The molecule has 0 aromatic heterocycles. The van der Waals surface area contributed by atoms with Gasteiger partial charge in [-0.15, -0.1) is 5.73 Å². The van der Waals surface area contributed by atoms with Crippen molar-refractivity contribution in [2.24, 2.45) is 0 Å². The summed E-state index contributed by atoms with van der Waals surface area (Å²) in [4.78, 5) is 22.8. The molecule has 1 rings (SSSR count). The van der Waals surface area contributed by atoms with Crippen molar-refractivity contribution in [1.82, 2.24) is 5.32 Å². The smallest absolute Gasteiger partial charge is 0.308 e. The van der Waals surface area contributed by atoms with Crippen molar-refractivity contribution in [3.8, 4) is 0 Å². The van der Waals surface area contributed by atoms with Crippen LogP contribution in [0.2, 0.25) is 0 Å². The number of rotatable bonds is 4. The molecular formula is C13H17NO3. The monoisotopic (exact) mass is 235 g/mol. The first-order valence-electron chi connectivity index (χ1n) is 5.52. The summed E-state index contributed by atoms with van der Waals surface area (Å²) in [6.45, 7) is 5.69. The Kier molecular flexibility index (Phi) is 4.30. The highest BCUT2D eigenvalue weighted by atomic mass is 16.6. The van der Waals surface area contributed by atoms with Gasteiger partial charge in [-0.25, -0.2) is 0 Å². The minimum atomic E-state index is -0.486. The summed E-state index contributed by atoms with van der Waals surface area (Å²) >= 11 is 0. The molecule has 1 aliphatic rings. The summed E-state index contributed by atoms with van der Waals surface area (Å²) in [5.41, 5.74) is 2.78. The average Bonchev–Trinajstić information content (AvgIpc) is 2.66. The SMILES string of the molecule is CC(C)(C)OC(=O)CCNC(=O)C1=C=CC=C1. The van der Waals surface area contributed by atoms with Gasteiger partial charge in [0.1, 0.15) is 5.60 Å². The number of allylic oxidation sites excluding steroid dienone is 1. The summed E-state index contributed by atoms with van der Waals surface area (Å²) in [6.07, 6.45) is 5.25. The van der Waals surface area contributed by atoms with E-state index in [2.05, 4.69) is 11.0 Å². The Bertz CT molecular complexity index is 407. The highest BCUT2D eigenvalue weighted by molar-refractivity contribution is 5.96. The predicted molar refractivity (Wildman–Crippen MR) is 64.2 cm³/mol. The molecule has 0 unspecified atom stereocenters. The minimum Gasteiger partial charge on any atom is -0.460 e. The molecular weight excluding hydrogens is 218 g/mol. The third-order valence-corrected chi connectivity index (χ3v) is 1.88. The largest absolute Gasteiger partial charge is 0.460 e. The second-order valence-electron chi connectivity index (χ2n) is 4.68. The van der Waals surface area contributed by atoms with E-state index in [1.54, 1.807) is 18.2 Å². The van der Waals surface area contributed by atoms with Gasteiger partial charge in [0.2, 0.25) is 0 Å². The van der Waals surface area contributed by atoms with E-state index in [1.807, 2.05) is 20.8 Å². The van der Waals surface area contributed by atoms with Gasteiger partial charge in [-0.05, 0) is 32.9 Å². The van der Waals surface area contributed by atoms with Gasteiger partial charge in [-0.2, -0.15) is 0 Å². The molecule has 0 fully saturated rings. The molecule has 4 heteroatoms. The van der Waals surface area contributed by atoms with E-state index in [9.17, 15) is 9.59 Å². The molecule has 92 valence electrons. The number of ether oxygens (including phenoxy) is 1. The van der Waals surface area contributed by atoms with Crippen molar-refractivity contribution in [2.75, 3.05) is 6.54 Å². The summed E-state index contributed by atoms with van der Waals surface area (Å²) in [7, 11) is 0. The second-order valence-corrected chi connectivity index (χ2v) is 4.68. The summed E-state index contributed by atoms with van der Waals surface area (Å²) in [5, 5.41) is 2.63. The molecule has 0 heterocycles. The van der Waals surface area contributed by atoms with Crippen LogP contribution in [-0.4, -0.2) is 24.0 Å². The lowest BCUT2D eigenvalue weighted by Crippen LogP contribution is -2.29. The highest BCUT2D eigenvalue weighted by Crippen LogP contribution is 2.08. The van der Waals surface area contributed by atoms with Gasteiger partial charge in [-0.3, -0.25) is 9.59 Å². The first kappa shape index (κ1) is 13.3. The quantitative estimate of drug-likeness (QED) is 0.593. The number of hydrogen-bond acceptors (Lipinski definition) is 3. The van der Waals surface area contributed by atoms with Gasteiger partial charge in [0.05, 0.1) is 12.0 Å². The van der Waals surface area contributed by atoms with E-state index in [-0.39, 0.29) is 24.8 Å². The molecule has 0 bridgehead atoms. The highest BCUT2D eigenvalue weighted by Gasteiger charge is 2.16. The molecule has 17 heavy (non-hydrogen) atoms. The van der Waals surface area contributed by atoms with E-state index in [0.29, 0.717) is 5.57 Å². The zero-order chi connectivity index (χ0) is 12.9. The second kappa shape index (κ2) is 5.51. The van der Waals surface area contributed by atoms with Crippen molar-refractivity contribution in [3.05, 3.63) is 29.5 Å². The predicted octanol–water partition coefficient (Wildman–Crippen LogP) is 1.49. The third kappa shape index (κ3) is 5.18. The van der Waals surface area contributed by atoms with Crippen LogP contribution in [0.3, 0.4) is 0 Å². The summed E-state index contributed by atoms with van der Waals surface area (Å²) < 4.78 is 5.11. The molecule has 0 radical (unpaired) electrons. The Morgan fingerprint density at radius 1 is 1.41 bits per heavy atom. The number of carbonyl (C=O) groups is 2. The summed E-state index contributed by atoms with van der Waals surface area (Å²) in [5.74, 6) is -0.539. The molecule has 0 spiro atoms. The number of hydrogen-bond donors (Lipinski definition) is 1. The van der Waals surface area contributed by atoms with Crippen molar-refractivity contribution in [1.29, 1.82) is 0 Å². The lowest BCUT2D eigenvalue weighted by Gasteiger charge is -2.19. The van der Waals surface area contributed by atoms with Gasteiger partial charge in [0.15, 0.2) is 0 Å². The van der Waals surface area contributed by atoms with E-state index >= 15 is 0 Å². The number of amides is 1. The van der Waals surface area contributed by atoms with Crippen LogP contribution in [-0.2, 0) is 14.3 Å². The Morgan fingerprint density at radius 3 is 2.65 bits per heavy atom. The average molecular weight is 235 g/mol. The Morgan fingerprint density at radius 2 is 2.12 bits per heavy atom. The van der Waals surface area contributed by atoms with Gasteiger partial charge in [0, 0.05) is 6.54 Å². The fourth-order valence-electron chi connectivity index (χ4n) is 1.24. The van der Waals surface area contributed by atoms with Crippen LogP contribution in [0.4, 0.5) is 0 Å². The number of nitrogens with one attached hydrogen (secondary N) is 1. The molecule has 0 saturated carbocycles. The molecule has 1 N–H and O–H groups in total. The van der Waals surface area contributed by atoms with Crippen LogP contribution < -0.4 is 5.32 Å². The maximum atomic E-state index is 11.5. The first-order valence-corrected chi connectivity index (χ1v) is 5.52. The molecule has 4 nitrogen and oxygen atoms in total. The van der Waals surface area contributed by atoms with Crippen LogP contribution in [0.1, 0.15) is 27.2 Å². The van der Waals surface area contributed by atoms with Crippen LogP contribution >= 0.6 is 0 Å². The minimum absolute atomic E-state index is 0.170. The standard InChI is InChI=1S/C13H17NO3/c1-13(2,3)17-11(15)8-9-14-12(16)10-6-4-5-7-10/h4-6H,8-9H2,1-3H3,(H,14,16). The van der Waals surface area contributed by atoms with Gasteiger partial charge in [0.25, 0.3) is 5.91 Å². The zero-order valence-corrected chi connectivity index (χ0v) is 10.4. The molecule has 0 saturated heterocycles. The molecule has 0 atom stereocenters. The van der Waals surface area contributed by atoms with Crippen molar-refractivity contribution in [3.63, 3.8) is 0 Å². The van der Waals surface area contributed by atoms with Crippen LogP contribution in [0.25, 0.3) is 0 Å². The van der Waals surface area contributed by atoms with E-state index in [1.165, 1.54) is 0 Å².